The Labute approximate surface area is 198 Å². The number of pyridine rings is 1. The summed E-state index contributed by atoms with van der Waals surface area (Å²) >= 11 is 0. The standard InChI is InChI=1S/C26H26N8/c1-4-34-14-17(10-30-34)9-23-28-11-18-5-6-20-15-32(2)26(24(20)25(18)31-23)19-7-8-22(27-12-19)21-13-29-33(3)16-21/h7-8,10-16H,4-6,9H2,1-3H3. The minimum absolute atomic E-state index is 0.673. The second-order valence-electron chi connectivity index (χ2n) is 8.86. The average Bonchev–Trinajstić information content (AvgIpc) is 3.57. The minimum atomic E-state index is 0.673. The van der Waals surface area contributed by atoms with Crippen molar-refractivity contribution in [2.75, 3.05) is 0 Å². The normalized spacial score (nSPS) is 12.6. The molecule has 0 aliphatic heterocycles. The maximum Gasteiger partial charge on any atom is 0.133 e. The van der Waals surface area contributed by atoms with Crippen LogP contribution < -0.4 is 0 Å². The van der Waals surface area contributed by atoms with Gasteiger partial charge in [0.15, 0.2) is 0 Å². The Bertz CT molecular complexity index is 1490. The van der Waals surface area contributed by atoms with Crippen molar-refractivity contribution in [3.8, 4) is 33.8 Å². The van der Waals surface area contributed by atoms with E-state index < -0.39 is 0 Å². The maximum atomic E-state index is 5.06. The number of fused-ring (bicyclic) bond motifs is 3. The molecule has 170 valence electrons. The van der Waals surface area contributed by atoms with Gasteiger partial charge < -0.3 is 4.57 Å². The molecule has 5 aromatic rings. The molecule has 0 saturated heterocycles. The molecule has 8 heteroatoms. The molecule has 0 radical (unpaired) electrons. The van der Waals surface area contributed by atoms with Gasteiger partial charge in [0, 0.05) is 74.7 Å². The van der Waals surface area contributed by atoms with E-state index in [9.17, 15) is 0 Å². The van der Waals surface area contributed by atoms with Crippen molar-refractivity contribution in [3.63, 3.8) is 0 Å². The largest absolute Gasteiger partial charge is 0.350 e. The first-order chi connectivity index (χ1) is 16.6. The molecule has 8 nitrogen and oxygen atoms in total. The van der Waals surface area contributed by atoms with E-state index in [1.807, 2.05) is 42.7 Å². The Hall–Kier alpha value is -4.07. The van der Waals surface area contributed by atoms with E-state index in [4.69, 9.17) is 9.97 Å². The molecular weight excluding hydrogens is 424 g/mol. The van der Waals surface area contributed by atoms with Crippen LogP contribution in [-0.2, 0) is 39.9 Å². The summed E-state index contributed by atoms with van der Waals surface area (Å²) in [6.07, 6.45) is 16.6. The van der Waals surface area contributed by atoms with E-state index in [0.29, 0.717) is 6.42 Å². The fourth-order valence-electron chi connectivity index (χ4n) is 4.80. The highest BCUT2D eigenvalue weighted by Crippen LogP contribution is 2.40. The van der Waals surface area contributed by atoms with Crippen molar-refractivity contribution in [2.45, 2.75) is 32.7 Å². The summed E-state index contributed by atoms with van der Waals surface area (Å²) in [6.45, 7) is 2.94. The van der Waals surface area contributed by atoms with Crippen molar-refractivity contribution < 1.29 is 0 Å². The molecule has 1 aliphatic carbocycles. The van der Waals surface area contributed by atoms with Crippen molar-refractivity contribution >= 4 is 0 Å². The zero-order valence-electron chi connectivity index (χ0n) is 19.6. The molecule has 5 aromatic heterocycles. The lowest BCUT2D eigenvalue weighted by molar-refractivity contribution is 0.659. The molecule has 0 unspecified atom stereocenters. The van der Waals surface area contributed by atoms with Crippen molar-refractivity contribution in [1.82, 2.24) is 39.1 Å². The second kappa shape index (κ2) is 8.06. The van der Waals surface area contributed by atoms with E-state index in [0.717, 1.165) is 59.0 Å². The van der Waals surface area contributed by atoms with E-state index in [1.54, 1.807) is 4.68 Å². The number of nitrogens with zero attached hydrogens (tertiary/aromatic N) is 8. The molecule has 34 heavy (non-hydrogen) atoms. The lowest BCUT2D eigenvalue weighted by Crippen LogP contribution is -2.08. The van der Waals surface area contributed by atoms with Crippen LogP contribution in [0.3, 0.4) is 0 Å². The SMILES string of the molecule is CCn1cc(Cc2ncc3c(n2)-c2c(cn(C)c2-c2ccc(-c4cnn(C)c4)nc2)CC3)cn1. The molecule has 1 aliphatic rings. The van der Waals surface area contributed by atoms with Gasteiger partial charge in [0.1, 0.15) is 5.82 Å². The predicted molar refractivity (Wildman–Crippen MR) is 130 cm³/mol. The highest BCUT2D eigenvalue weighted by atomic mass is 15.3. The van der Waals surface area contributed by atoms with Crippen molar-refractivity contribution in [2.24, 2.45) is 14.1 Å². The van der Waals surface area contributed by atoms with Gasteiger partial charge in [-0.1, -0.05) is 0 Å². The molecule has 0 saturated carbocycles. The van der Waals surface area contributed by atoms with E-state index in [1.165, 1.54) is 16.7 Å². The van der Waals surface area contributed by atoms with Gasteiger partial charge >= 0.3 is 0 Å². The third-order valence-corrected chi connectivity index (χ3v) is 6.49. The molecule has 6 rings (SSSR count). The number of hydrogen-bond donors (Lipinski definition) is 0. The summed E-state index contributed by atoms with van der Waals surface area (Å²) in [5.41, 5.74) is 10.0. The van der Waals surface area contributed by atoms with Crippen LogP contribution in [0.5, 0.6) is 0 Å². The monoisotopic (exact) mass is 450 g/mol. The summed E-state index contributed by atoms with van der Waals surface area (Å²) in [5, 5.41) is 8.65. The smallest absolute Gasteiger partial charge is 0.133 e. The molecule has 0 atom stereocenters. The van der Waals surface area contributed by atoms with Gasteiger partial charge in [0.2, 0.25) is 0 Å². The first kappa shape index (κ1) is 20.5. The molecule has 0 spiro atoms. The van der Waals surface area contributed by atoms with Gasteiger partial charge in [-0.3, -0.25) is 14.3 Å². The van der Waals surface area contributed by atoms with Gasteiger partial charge in [-0.15, -0.1) is 0 Å². The third-order valence-electron chi connectivity index (χ3n) is 6.49. The lowest BCUT2D eigenvalue weighted by atomic mass is 9.90. The van der Waals surface area contributed by atoms with Gasteiger partial charge in [-0.25, -0.2) is 9.97 Å². The number of hydrogen-bond acceptors (Lipinski definition) is 5. The Morgan fingerprint density at radius 2 is 1.74 bits per heavy atom. The van der Waals surface area contributed by atoms with Gasteiger partial charge in [0.25, 0.3) is 0 Å². The topological polar surface area (TPSA) is 79.2 Å². The molecule has 0 fully saturated rings. The third kappa shape index (κ3) is 3.51. The van der Waals surface area contributed by atoms with E-state index in [2.05, 4.69) is 58.2 Å². The van der Waals surface area contributed by atoms with E-state index in [-0.39, 0.29) is 0 Å². The van der Waals surface area contributed by atoms with Gasteiger partial charge in [-0.2, -0.15) is 10.2 Å². The lowest BCUT2D eigenvalue weighted by Gasteiger charge is -2.18. The maximum absolute atomic E-state index is 5.06. The first-order valence-corrected chi connectivity index (χ1v) is 11.6. The molecule has 0 bridgehead atoms. The Balaban J connectivity index is 1.39. The van der Waals surface area contributed by atoms with Crippen LogP contribution in [-0.4, -0.2) is 39.1 Å². The number of rotatable bonds is 5. The fourth-order valence-corrected chi connectivity index (χ4v) is 4.80. The predicted octanol–water partition coefficient (Wildman–Crippen LogP) is 3.85. The zero-order chi connectivity index (χ0) is 23.2. The number of aromatic nitrogens is 8. The fraction of sp³-hybridized carbons (Fsp3) is 0.269. The zero-order valence-corrected chi connectivity index (χ0v) is 19.6. The van der Waals surface area contributed by atoms with Crippen molar-refractivity contribution in [3.05, 3.63) is 78.0 Å². The average molecular weight is 451 g/mol. The summed E-state index contributed by atoms with van der Waals surface area (Å²) in [7, 11) is 4.02. The molecule has 0 aromatic carbocycles. The van der Waals surface area contributed by atoms with Crippen LogP contribution in [0.2, 0.25) is 0 Å². The van der Waals surface area contributed by atoms with Crippen LogP contribution in [0.15, 0.2) is 55.5 Å². The molecule has 0 N–H and O–H groups in total. The Morgan fingerprint density at radius 3 is 2.47 bits per heavy atom. The quantitative estimate of drug-likeness (QED) is 0.406. The highest BCUT2D eigenvalue weighted by molar-refractivity contribution is 5.85. The summed E-state index contributed by atoms with van der Waals surface area (Å²) in [6, 6.07) is 4.20. The van der Waals surface area contributed by atoms with Crippen LogP contribution in [0, 0.1) is 0 Å². The first-order valence-electron chi connectivity index (χ1n) is 11.6. The summed E-state index contributed by atoms with van der Waals surface area (Å²) in [4.78, 5) is 14.5. The van der Waals surface area contributed by atoms with Crippen LogP contribution in [0.1, 0.15) is 29.4 Å². The Morgan fingerprint density at radius 1 is 0.853 bits per heavy atom. The second-order valence-corrected chi connectivity index (χ2v) is 8.86. The number of aryl methyl sites for hydroxylation is 5. The molecular formula is C26H26N8. The summed E-state index contributed by atoms with van der Waals surface area (Å²) in [5.74, 6) is 0.821. The summed E-state index contributed by atoms with van der Waals surface area (Å²) < 4.78 is 5.93. The van der Waals surface area contributed by atoms with Gasteiger partial charge in [0.05, 0.1) is 29.5 Å². The van der Waals surface area contributed by atoms with Crippen LogP contribution in [0.4, 0.5) is 0 Å². The Kier molecular flexibility index (Phi) is 4.86. The highest BCUT2D eigenvalue weighted by Gasteiger charge is 2.26. The van der Waals surface area contributed by atoms with Crippen LogP contribution >= 0.6 is 0 Å². The molecule has 5 heterocycles. The van der Waals surface area contributed by atoms with E-state index >= 15 is 0 Å². The van der Waals surface area contributed by atoms with Gasteiger partial charge in [-0.05, 0) is 48.6 Å². The van der Waals surface area contributed by atoms with Crippen molar-refractivity contribution in [1.29, 1.82) is 0 Å². The van der Waals surface area contributed by atoms with Crippen LogP contribution in [0.25, 0.3) is 33.8 Å². The minimum Gasteiger partial charge on any atom is -0.350 e. The molecule has 0 amide bonds.